The first-order valence-corrected chi connectivity index (χ1v) is 8.92. The lowest BCUT2D eigenvalue weighted by Crippen LogP contribution is -2.43. The van der Waals surface area contributed by atoms with Gasteiger partial charge in [-0.3, -0.25) is 9.59 Å². The average molecular weight is 360 g/mol. The van der Waals surface area contributed by atoms with Crippen LogP contribution in [0.4, 0.5) is 4.39 Å². The predicted molar refractivity (Wildman–Crippen MR) is 85.3 cm³/mol. The van der Waals surface area contributed by atoms with Gasteiger partial charge in [0, 0.05) is 19.0 Å². The number of carbonyl (C=O) groups is 2. The fourth-order valence-electron chi connectivity index (χ4n) is 1.99. The van der Waals surface area contributed by atoms with E-state index in [0.29, 0.717) is 6.42 Å². The molecule has 0 fully saturated rings. The van der Waals surface area contributed by atoms with Crippen LogP contribution in [0.25, 0.3) is 0 Å². The average Bonchev–Trinajstić information content (AvgIpc) is 2.51. The monoisotopic (exact) mass is 360 g/mol. The van der Waals surface area contributed by atoms with Gasteiger partial charge in [-0.25, -0.2) is 17.5 Å². The molecule has 0 aliphatic heterocycles. The molecule has 0 radical (unpaired) electrons. The van der Waals surface area contributed by atoms with E-state index in [1.165, 1.54) is 4.90 Å². The lowest BCUT2D eigenvalue weighted by Gasteiger charge is -2.27. The van der Waals surface area contributed by atoms with Crippen molar-refractivity contribution in [3.05, 3.63) is 30.1 Å². The van der Waals surface area contributed by atoms with E-state index < -0.39 is 34.3 Å². The Labute approximate surface area is 140 Å². The molecule has 0 spiro atoms. The van der Waals surface area contributed by atoms with E-state index in [9.17, 15) is 22.4 Å². The van der Waals surface area contributed by atoms with Crippen molar-refractivity contribution in [1.82, 2.24) is 9.62 Å². The molecule has 1 unspecified atom stereocenters. The van der Waals surface area contributed by atoms with Gasteiger partial charge in [0.25, 0.3) is 0 Å². The second-order valence-electron chi connectivity index (χ2n) is 5.27. The summed E-state index contributed by atoms with van der Waals surface area (Å²) in [5.41, 5.74) is 0. The third-order valence-electron chi connectivity index (χ3n) is 3.50. The van der Waals surface area contributed by atoms with E-state index in [4.69, 9.17) is 5.11 Å². The Bertz CT molecular complexity index is 676. The molecule has 24 heavy (non-hydrogen) atoms. The summed E-state index contributed by atoms with van der Waals surface area (Å²) < 4.78 is 39.1. The summed E-state index contributed by atoms with van der Waals surface area (Å²) in [7, 11) is -3.85. The molecule has 1 rings (SSSR count). The van der Waals surface area contributed by atoms with Crippen LogP contribution in [0.5, 0.6) is 0 Å². The highest BCUT2D eigenvalue weighted by Crippen LogP contribution is 2.10. The normalized spacial score (nSPS) is 12.6. The van der Waals surface area contributed by atoms with E-state index >= 15 is 0 Å². The molecule has 0 bridgehead atoms. The fourth-order valence-corrected chi connectivity index (χ4v) is 3.02. The van der Waals surface area contributed by atoms with Crippen molar-refractivity contribution in [2.24, 2.45) is 0 Å². The number of aliphatic carboxylic acids is 1. The Kier molecular flexibility index (Phi) is 7.30. The van der Waals surface area contributed by atoms with Gasteiger partial charge in [-0.1, -0.05) is 6.92 Å². The van der Waals surface area contributed by atoms with Gasteiger partial charge in [0.2, 0.25) is 15.9 Å². The Morgan fingerprint density at radius 1 is 1.29 bits per heavy atom. The third kappa shape index (κ3) is 5.89. The number of rotatable bonds is 9. The van der Waals surface area contributed by atoms with E-state index in [1.807, 2.05) is 6.92 Å². The smallest absolute Gasteiger partial charge is 0.323 e. The highest BCUT2D eigenvalue weighted by Gasteiger charge is 2.22. The quantitative estimate of drug-likeness (QED) is 0.689. The van der Waals surface area contributed by atoms with Gasteiger partial charge >= 0.3 is 5.97 Å². The highest BCUT2D eigenvalue weighted by atomic mass is 32.2. The van der Waals surface area contributed by atoms with Gasteiger partial charge in [0.1, 0.15) is 12.4 Å². The van der Waals surface area contributed by atoms with Crippen LogP contribution >= 0.6 is 0 Å². The molecule has 0 aromatic heterocycles. The fraction of sp³-hybridized carbons (Fsp3) is 0.467. The molecule has 9 heteroatoms. The van der Waals surface area contributed by atoms with E-state index in [2.05, 4.69) is 4.72 Å². The summed E-state index contributed by atoms with van der Waals surface area (Å²) in [6, 6.07) is 4.03. The zero-order valence-corrected chi connectivity index (χ0v) is 14.3. The van der Waals surface area contributed by atoms with Crippen molar-refractivity contribution in [1.29, 1.82) is 0 Å². The molecule has 0 aliphatic carbocycles. The zero-order chi connectivity index (χ0) is 18.3. The number of amides is 1. The maximum Gasteiger partial charge on any atom is 0.323 e. The minimum Gasteiger partial charge on any atom is -0.480 e. The number of nitrogens with one attached hydrogen (secondary N) is 1. The van der Waals surface area contributed by atoms with Crippen molar-refractivity contribution < 1.29 is 27.5 Å². The van der Waals surface area contributed by atoms with Crippen molar-refractivity contribution >= 4 is 21.9 Å². The lowest BCUT2D eigenvalue weighted by atomic mass is 10.2. The molecule has 7 nitrogen and oxygen atoms in total. The first kappa shape index (κ1) is 20.0. The van der Waals surface area contributed by atoms with Crippen LogP contribution in [0.3, 0.4) is 0 Å². The lowest BCUT2D eigenvalue weighted by molar-refractivity contribution is -0.146. The first-order valence-electron chi connectivity index (χ1n) is 7.44. The molecule has 2 N–H and O–H groups in total. The number of hydrogen-bond acceptors (Lipinski definition) is 4. The van der Waals surface area contributed by atoms with Gasteiger partial charge in [-0.05, 0) is 37.6 Å². The van der Waals surface area contributed by atoms with Crippen LogP contribution in [-0.4, -0.2) is 49.4 Å². The van der Waals surface area contributed by atoms with Crippen molar-refractivity contribution in [3.63, 3.8) is 0 Å². The molecule has 0 saturated heterocycles. The summed E-state index contributed by atoms with van der Waals surface area (Å²) in [6.07, 6.45) is 0.415. The number of benzene rings is 1. The second-order valence-corrected chi connectivity index (χ2v) is 7.04. The van der Waals surface area contributed by atoms with E-state index in [-0.39, 0.29) is 23.9 Å². The Morgan fingerprint density at radius 2 is 1.88 bits per heavy atom. The summed E-state index contributed by atoms with van der Waals surface area (Å²) >= 11 is 0. The van der Waals surface area contributed by atoms with Crippen LogP contribution in [0, 0.1) is 5.82 Å². The topological polar surface area (TPSA) is 104 Å². The number of nitrogens with zero attached hydrogens (tertiary/aromatic N) is 1. The summed E-state index contributed by atoms with van der Waals surface area (Å²) in [4.78, 5) is 24.1. The highest BCUT2D eigenvalue weighted by molar-refractivity contribution is 7.89. The Balaban J connectivity index is 2.65. The summed E-state index contributed by atoms with van der Waals surface area (Å²) in [6.45, 7) is 2.94. The molecule has 1 aromatic rings. The molecule has 1 amide bonds. The van der Waals surface area contributed by atoms with Crippen molar-refractivity contribution in [3.8, 4) is 0 Å². The number of sulfonamides is 1. The molecular formula is C15H21FN2O5S. The van der Waals surface area contributed by atoms with Crippen LogP contribution in [0.1, 0.15) is 26.7 Å². The molecule has 0 saturated carbocycles. The number of carboxylic acids is 1. The largest absolute Gasteiger partial charge is 0.480 e. The van der Waals surface area contributed by atoms with Crippen molar-refractivity contribution in [2.75, 3.05) is 13.1 Å². The first-order chi connectivity index (χ1) is 11.2. The summed E-state index contributed by atoms with van der Waals surface area (Å²) in [5, 5.41) is 8.87. The van der Waals surface area contributed by atoms with Gasteiger partial charge < -0.3 is 10.0 Å². The second kappa shape index (κ2) is 8.74. The number of carbonyl (C=O) groups excluding carboxylic acids is 1. The molecular weight excluding hydrogens is 339 g/mol. The van der Waals surface area contributed by atoms with E-state index in [1.54, 1.807) is 6.92 Å². The van der Waals surface area contributed by atoms with E-state index in [0.717, 1.165) is 24.3 Å². The van der Waals surface area contributed by atoms with Gasteiger partial charge in [-0.15, -0.1) is 0 Å². The maximum atomic E-state index is 12.8. The van der Waals surface area contributed by atoms with Crippen molar-refractivity contribution in [2.45, 2.75) is 37.6 Å². The third-order valence-corrected chi connectivity index (χ3v) is 4.98. The van der Waals surface area contributed by atoms with Gasteiger partial charge in [0.15, 0.2) is 0 Å². The Morgan fingerprint density at radius 3 is 2.38 bits per heavy atom. The molecule has 1 aromatic carbocycles. The molecule has 134 valence electrons. The SMILES string of the molecule is CCC(C)N(CC(=O)O)C(=O)CCNS(=O)(=O)c1ccc(F)cc1. The van der Waals surface area contributed by atoms with Crippen LogP contribution in [-0.2, 0) is 19.6 Å². The number of hydrogen-bond donors (Lipinski definition) is 2. The zero-order valence-electron chi connectivity index (χ0n) is 13.5. The number of halogens is 1. The molecule has 0 aliphatic rings. The minimum absolute atomic E-state index is 0.110. The molecule has 0 heterocycles. The number of carboxylic acid groups (broad SMARTS) is 1. The van der Waals surface area contributed by atoms with Crippen LogP contribution in [0.15, 0.2) is 29.2 Å². The predicted octanol–water partition coefficient (Wildman–Crippen LogP) is 1.21. The van der Waals surface area contributed by atoms with Crippen LogP contribution < -0.4 is 4.72 Å². The minimum atomic E-state index is -3.85. The molecule has 1 atom stereocenters. The summed E-state index contributed by atoms with van der Waals surface area (Å²) in [5.74, 6) is -2.13. The standard InChI is InChI=1S/C15H21FN2O5S/c1-3-11(2)18(10-15(20)21)14(19)8-9-17-24(22,23)13-6-4-12(16)5-7-13/h4-7,11,17H,3,8-10H2,1-2H3,(H,20,21). The van der Waals surface area contributed by atoms with Crippen LogP contribution in [0.2, 0.25) is 0 Å². The maximum absolute atomic E-state index is 12.8. The van der Waals surface area contributed by atoms with Gasteiger partial charge in [-0.2, -0.15) is 0 Å². The Hall–Kier alpha value is -2.00. The van der Waals surface area contributed by atoms with Gasteiger partial charge in [0.05, 0.1) is 4.90 Å².